The van der Waals surface area contributed by atoms with Crippen LogP contribution in [0.25, 0.3) is 0 Å². The Morgan fingerprint density at radius 2 is 2.15 bits per heavy atom. The lowest BCUT2D eigenvalue weighted by atomic mass is 10.1. The predicted molar refractivity (Wildman–Crippen MR) is 57.2 cm³/mol. The summed E-state index contributed by atoms with van der Waals surface area (Å²) in [7, 11) is 1.75. The van der Waals surface area contributed by atoms with Crippen LogP contribution in [0.5, 0.6) is 0 Å². The maximum atomic E-state index is 4.36. The van der Waals surface area contributed by atoms with Gasteiger partial charge in [0.1, 0.15) is 0 Å². The van der Waals surface area contributed by atoms with Crippen molar-refractivity contribution in [3.05, 3.63) is 11.3 Å². The van der Waals surface area contributed by atoms with Gasteiger partial charge in [0.05, 0.1) is 0 Å². The zero-order valence-electron chi connectivity index (χ0n) is 8.81. The summed E-state index contributed by atoms with van der Waals surface area (Å²) >= 11 is 0. The molecule has 1 aliphatic rings. The van der Waals surface area contributed by atoms with Gasteiger partial charge in [-0.15, -0.1) is 0 Å². The monoisotopic (exact) mass is 179 g/mol. The Bertz CT molecular complexity index is 285. The minimum absolute atomic E-state index is 0.721. The predicted octanol–water partition coefficient (Wildman–Crippen LogP) is 2.11. The molecule has 0 atom stereocenters. The molecule has 3 nitrogen and oxygen atoms in total. The summed E-state index contributed by atoms with van der Waals surface area (Å²) in [6, 6.07) is 0. The fraction of sp³-hybridized carbons (Fsp3) is 0.600. The molecule has 0 fully saturated rings. The lowest BCUT2D eigenvalue weighted by Crippen LogP contribution is -2.19. The topological polar surface area (TPSA) is 36.8 Å². The van der Waals surface area contributed by atoms with Gasteiger partial charge >= 0.3 is 0 Å². The molecule has 1 heterocycles. The third-order valence-electron chi connectivity index (χ3n) is 2.23. The normalized spacial score (nSPS) is 21.2. The van der Waals surface area contributed by atoms with E-state index in [-0.39, 0.29) is 0 Å². The van der Waals surface area contributed by atoms with Gasteiger partial charge in [-0.1, -0.05) is 6.92 Å². The standard InChI is InChI=1S/C10H17N3/c1-5-9-6-7(2)12-10(11-4)13-8(9)3/h5-6H2,1-4H3,(H,11,13). The van der Waals surface area contributed by atoms with E-state index in [1.165, 1.54) is 11.3 Å². The van der Waals surface area contributed by atoms with E-state index < -0.39 is 0 Å². The number of hydrogen-bond acceptors (Lipinski definition) is 1. The molecule has 0 aliphatic carbocycles. The van der Waals surface area contributed by atoms with Crippen molar-refractivity contribution in [2.24, 2.45) is 9.98 Å². The van der Waals surface area contributed by atoms with Crippen LogP contribution in [0.15, 0.2) is 21.3 Å². The molecule has 72 valence electrons. The number of allylic oxidation sites excluding steroid dienone is 2. The van der Waals surface area contributed by atoms with Gasteiger partial charge in [-0.25, -0.2) is 4.99 Å². The quantitative estimate of drug-likeness (QED) is 0.657. The van der Waals surface area contributed by atoms with E-state index in [9.17, 15) is 0 Å². The van der Waals surface area contributed by atoms with Crippen LogP contribution in [-0.4, -0.2) is 18.7 Å². The van der Waals surface area contributed by atoms with Gasteiger partial charge in [-0.05, 0) is 25.8 Å². The van der Waals surface area contributed by atoms with Crippen molar-refractivity contribution in [2.75, 3.05) is 7.05 Å². The maximum Gasteiger partial charge on any atom is 0.221 e. The van der Waals surface area contributed by atoms with Crippen molar-refractivity contribution < 1.29 is 0 Å². The van der Waals surface area contributed by atoms with Crippen molar-refractivity contribution >= 4 is 11.7 Å². The zero-order chi connectivity index (χ0) is 9.84. The second-order valence-corrected chi connectivity index (χ2v) is 3.28. The van der Waals surface area contributed by atoms with Crippen LogP contribution in [0.3, 0.4) is 0 Å². The molecule has 1 aliphatic heterocycles. The van der Waals surface area contributed by atoms with Crippen LogP contribution in [0.2, 0.25) is 0 Å². The van der Waals surface area contributed by atoms with Crippen LogP contribution < -0.4 is 5.32 Å². The minimum Gasteiger partial charge on any atom is -0.329 e. The smallest absolute Gasteiger partial charge is 0.221 e. The van der Waals surface area contributed by atoms with E-state index in [0.29, 0.717) is 0 Å². The molecule has 3 heteroatoms. The number of nitrogens with one attached hydrogen (secondary N) is 1. The minimum atomic E-state index is 0.721. The molecular weight excluding hydrogens is 162 g/mol. The van der Waals surface area contributed by atoms with Crippen molar-refractivity contribution in [3.63, 3.8) is 0 Å². The molecule has 0 aromatic heterocycles. The summed E-state index contributed by atoms with van der Waals surface area (Å²) in [6.07, 6.45) is 2.04. The number of aliphatic imine (C=N–C) groups is 2. The Morgan fingerprint density at radius 3 is 2.69 bits per heavy atom. The molecule has 13 heavy (non-hydrogen) atoms. The van der Waals surface area contributed by atoms with Gasteiger partial charge in [0.2, 0.25) is 5.96 Å². The Hall–Kier alpha value is -1.12. The average molecular weight is 179 g/mol. The molecule has 0 radical (unpaired) electrons. The first-order valence-corrected chi connectivity index (χ1v) is 4.64. The summed E-state index contributed by atoms with van der Waals surface area (Å²) in [4.78, 5) is 8.42. The van der Waals surface area contributed by atoms with Gasteiger partial charge in [-0.3, -0.25) is 4.99 Å². The molecule has 1 N–H and O–H groups in total. The second-order valence-electron chi connectivity index (χ2n) is 3.28. The Kier molecular flexibility index (Phi) is 3.23. The Balaban J connectivity index is 2.98. The molecule has 0 aromatic rings. The summed E-state index contributed by atoms with van der Waals surface area (Å²) in [5, 5.41) is 3.20. The van der Waals surface area contributed by atoms with E-state index >= 15 is 0 Å². The maximum absolute atomic E-state index is 4.36. The van der Waals surface area contributed by atoms with E-state index in [1.807, 2.05) is 6.92 Å². The van der Waals surface area contributed by atoms with E-state index in [0.717, 1.165) is 24.5 Å². The Labute approximate surface area is 79.7 Å². The highest BCUT2D eigenvalue weighted by molar-refractivity contribution is 5.98. The van der Waals surface area contributed by atoms with E-state index in [4.69, 9.17) is 0 Å². The highest BCUT2D eigenvalue weighted by atomic mass is 15.1. The molecule has 0 bridgehead atoms. The first-order chi connectivity index (χ1) is 6.17. The summed E-state index contributed by atoms with van der Waals surface area (Å²) in [5.74, 6) is 0.721. The van der Waals surface area contributed by atoms with Gasteiger partial charge < -0.3 is 5.32 Å². The molecular formula is C10H17N3. The van der Waals surface area contributed by atoms with Crippen LogP contribution >= 0.6 is 0 Å². The molecule has 0 spiro atoms. The van der Waals surface area contributed by atoms with Crippen LogP contribution in [0.4, 0.5) is 0 Å². The highest BCUT2D eigenvalue weighted by Crippen LogP contribution is 2.14. The SMILES string of the molecule is CCC1=C(C)NC(=NC)N=C(C)C1. The lowest BCUT2D eigenvalue weighted by Gasteiger charge is -2.06. The van der Waals surface area contributed by atoms with E-state index in [2.05, 4.69) is 29.1 Å². The zero-order valence-corrected chi connectivity index (χ0v) is 8.81. The van der Waals surface area contributed by atoms with Crippen molar-refractivity contribution in [1.29, 1.82) is 0 Å². The third-order valence-corrected chi connectivity index (χ3v) is 2.23. The van der Waals surface area contributed by atoms with Crippen LogP contribution in [-0.2, 0) is 0 Å². The molecule has 1 rings (SSSR count). The fourth-order valence-electron chi connectivity index (χ4n) is 1.44. The number of nitrogens with zero attached hydrogens (tertiary/aromatic N) is 2. The van der Waals surface area contributed by atoms with Gasteiger partial charge in [-0.2, -0.15) is 0 Å². The first-order valence-electron chi connectivity index (χ1n) is 4.64. The summed E-state index contributed by atoms with van der Waals surface area (Å²) in [5.41, 5.74) is 3.74. The third kappa shape index (κ3) is 2.41. The van der Waals surface area contributed by atoms with Gasteiger partial charge in [0.25, 0.3) is 0 Å². The molecule has 0 saturated heterocycles. The second kappa shape index (κ2) is 4.21. The van der Waals surface area contributed by atoms with Gasteiger partial charge in [0.15, 0.2) is 0 Å². The van der Waals surface area contributed by atoms with Crippen LogP contribution in [0.1, 0.15) is 33.6 Å². The van der Waals surface area contributed by atoms with Crippen molar-refractivity contribution in [3.8, 4) is 0 Å². The molecule has 0 amide bonds. The highest BCUT2D eigenvalue weighted by Gasteiger charge is 2.09. The fourth-order valence-corrected chi connectivity index (χ4v) is 1.44. The largest absolute Gasteiger partial charge is 0.329 e. The Morgan fingerprint density at radius 1 is 1.46 bits per heavy atom. The first kappa shape index (κ1) is 9.96. The summed E-state index contributed by atoms with van der Waals surface area (Å²) < 4.78 is 0. The summed E-state index contributed by atoms with van der Waals surface area (Å²) in [6.45, 7) is 6.29. The number of guanidine groups is 1. The van der Waals surface area contributed by atoms with E-state index in [1.54, 1.807) is 7.05 Å². The molecule has 0 unspecified atom stereocenters. The lowest BCUT2D eigenvalue weighted by molar-refractivity contribution is 0.964. The average Bonchev–Trinajstić information content (AvgIpc) is 2.25. The van der Waals surface area contributed by atoms with Gasteiger partial charge in [0, 0.05) is 24.9 Å². The van der Waals surface area contributed by atoms with Crippen molar-refractivity contribution in [1.82, 2.24) is 5.32 Å². The molecule has 0 saturated carbocycles. The van der Waals surface area contributed by atoms with Crippen molar-refractivity contribution in [2.45, 2.75) is 33.6 Å². The number of hydrogen-bond donors (Lipinski definition) is 1. The number of rotatable bonds is 1. The molecule has 0 aromatic carbocycles. The van der Waals surface area contributed by atoms with Crippen LogP contribution in [0, 0.1) is 0 Å².